The highest BCUT2D eigenvalue weighted by atomic mass is 79.9. The monoisotopic (exact) mass is 356 g/mol. The van der Waals surface area contributed by atoms with Crippen LogP contribution in [0.4, 0.5) is 0 Å². The van der Waals surface area contributed by atoms with Crippen LogP contribution in [0.25, 0.3) is 0 Å². The standard InChI is InChI=1S/C18H29BrO2/c1-3-5-6-7-8-9-17(20-4-2)14-15-21-18-12-10-16(19)11-13-18/h10-13,17H,3-9,14-15H2,1-2H3. The lowest BCUT2D eigenvalue weighted by atomic mass is 10.1. The Morgan fingerprint density at radius 2 is 1.67 bits per heavy atom. The van der Waals surface area contributed by atoms with E-state index in [2.05, 4.69) is 29.8 Å². The van der Waals surface area contributed by atoms with Crippen LogP contribution in [0.3, 0.4) is 0 Å². The van der Waals surface area contributed by atoms with E-state index in [0.717, 1.165) is 36.3 Å². The second kappa shape index (κ2) is 12.0. The third kappa shape index (κ3) is 9.15. The topological polar surface area (TPSA) is 18.5 Å². The van der Waals surface area contributed by atoms with Crippen molar-refractivity contribution in [1.29, 1.82) is 0 Å². The molecular formula is C18H29BrO2. The van der Waals surface area contributed by atoms with E-state index >= 15 is 0 Å². The van der Waals surface area contributed by atoms with Crippen molar-refractivity contribution in [3.8, 4) is 5.75 Å². The van der Waals surface area contributed by atoms with E-state index in [0.29, 0.717) is 6.10 Å². The highest BCUT2D eigenvalue weighted by molar-refractivity contribution is 9.10. The molecule has 0 saturated carbocycles. The van der Waals surface area contributed by atoms with E-state index in [1.165, 1.54) is 32.1 Å². The molecule has 1 aromatic rings. The molecule has 0 N–H and O–H groups in total. The quantitative estimate of drug-likeness (QED) is 0.428. The molecule has 2 nitrogen and oxygen atoms in total. The van der Waals surface area contributed by atoms with E-state index in [4.69, 9.17) is 9.47 Å². The molecule has 1 rings (SSSR count). The van der Waals surface area contributed by atoms with Crippen molar-refractivity contribution in [2.75, 3.05) is 13.2 Å². The molecule has 0 amide bonds. The minimum Gasteiger partial charge on any atom is -0.493 e. The highest BCUT2D eigenvalue weighted by Crippen LogP contribution is 2.17. The highest BCUT2D eigenvalue weighted by Gasteiger charge is 2.08. The molecule has 3 heteroatoms. The molecule has 120 valence electrons. The predicted molar refractivity (Wildman–Crippen MR) is 93.0 cm³/mol. The Labute approximate surface area is 138 Å². The van der Waals surface area contributed by atoms with Gasteiger partial charge in [0.25, 0.3) is 0 Å². The molecule has 0 aliphatic rings. The number of halogens is 1. The van der Waals surface area contributed by atoms with Gasteiger partial charge in [0.1, 0.15) is 5.75 Å². The zero-order chi connectivity index (χ0) is 15.3. The van der Waals surface area contributed by atoms with Crippen molar-refractivity contribution in [2.45, 2.75) is 64.9 Å². The SMILES string of the molecule is CCCCCCCC(CCOc1ccc(Br)cc1)OCC. The zero-order valence-electron chi connectivity index (χ0n) is 13.4. The van der Waals surface area contributed by atoms with Crippen LogP contribution in [0.15, 0.2) is 28.7 Å². The Morgan fingerprint density at radius 1 is 0.952 bits per heavy atom. The van der Waals surface area contributed by atoms with Crippen LogP contribution in [0.5, 0.6) is 5.75 Å². The summed E-state index contributed by atoms with van der Waals surface area (Å²) in [6.45, 7) is 5.83. The van der Waals surface area contributed by atoms with Gasteiger partial charge in [0.05, 0.1) is 12.7 Å². The van der Waals surface area contributed by atoms with Crippen molar-refractivity contribution >= 4 is 15.9 Å². The van der Waals surface area contributed by atoms with Crippen LogP contribution in [-0.2, 0) is 4.74 Å². The van der Waals surface area contributed by atoms with Gasteiger partial charge in [-0.2, -0.15) is 0 Å². The molecule has 0 heterocycles. The number of hydrogen-bond donors (Lipinski definition) is 0. The second-order valence-corrected chi connectivity index (χ2v) is 6.29. The summed E-state index contributed by atoms with van der Waals surface area (Å²) in [5.41, 5.74) is 0. The molecule has 0 radical (unpaired) electrons. The maximum Gasteiger partial charge on any atom is 0.119 e. The predicted octanol–water partition coefficient (Wildman–Crippen LogP) is 5.98. The average molecular weight is 357 g/mol. The molecule has 0 aliphatic carbocycles. The smallest absolute Gasteiger partial charge is 0.119 e. The van der Waals surface area contributed by atoms with Gasteiger partial charge in [-0.1, -0.05) is 55.0 Å². The Kier molecular flexibility index (Phi) is 10.6. The van der Waals surface area contributed by atoms with E-state index in [-0.39, 0.29) is 0 Å². The first-order chi connectivity index (χ1) is 10.3. The van der Waals surface area contributed by atoms with E-state index in [1.807, 2.05) is 24.3 Å². The lowest BCUT2D eigenvalue weighted by Crippen LogP contribution is -2.16. The summed E-state index contributed by atoms with van der Waals surface area (Å²) in [5, 5.41) is 0. The van der Waals surface area contributed by atoms with Crippen molar-refractivity contribution in [3.05, 3.63) is 28.7 Å². The van der Waals surface area contributed by atoms with Crippen LogP contribution < -0.4 is 4.74 Å². The van der Waals surface area contributed by atoms with Crippen molar-refractivity contribution in [1.82, 2.24) is 0 Å². The molecule has 1 unspecified atom stereocenters. The van der Waals surface area contributed by atoms with E-state index in [1.54, 1.807) is 0 Å². The third-order valence-corrected chi connectivity index (χ3v) is 4.08. The first-order valence-corrected chi connectivity index (χ1v) is 9.05. The Balaban J connectivity index is 2.19. The van der Waals surface area contributed by atoms with Crippen LogP contribution in [0.1, 0.15) is 58.8 Å². The first kappa shape index (κ1) is 18.5. The minimum absolute atomic E-state index is 0.340. The molecule has 21 heavy (non-hydrogen) atoms. The van der Waals surface area contributed by atoms with Crippen LogP contribution in [0, 0.1) is 0 Å². The minimum atomic E-state index is 0.340. The van der Waals surface area contributed by atoms with E-state index < -0.39 is 0 Å². The summed E-state index contributed by atoms with van der Waals surface area (Å²) in [7, 11) is 0. The van der Waals surface area contributed by atoms with Crippen LogP contribution in [0.2, 0.25) is 0 Å². The average Bonchev–Trinajstić information content (AvgIpc) is 2.49. The molecule has 1 atom stereocenters. The number of ether oxygens (including phenoxy) is 2. The lowest BCUT2D eigenvalue weighted by molar-refractivity contribution is 0.0392. The van der Waals surface area contributed by atoms with Crippen molar-refractivity contribution < 1.29 is 9.47 Å². The van der Waals surface area contributed by atoms with Gasteiger partial charge in [0.15, 0.2) is 0 Å². The van der Waals surface area contributed by atoms with Crippen LogP contribution >= 0.6 is 15.9 Å². The Morgan fingerprint density at radius 3 is 2.33 bits per heavy atom. The Hall–Kier alpha value is -0.540. The fourth-order valence-corrected chi connectivity index (χ4v) is 2.63. The third-order valence-electron chi connectivity index (χ3n) is 3.55. The van der Waals surface area contributed by atoms with Gasteiger partial charge in [-0.05, 0) is 37.6 Å². The summed E-state index contributed by atoms with van der Waals surface area (Å²) < 4.78 is 12.7. The van der Waals surface area contributed by atoms with Crippen LogP contribution in [-0.4, -0.2) is 19.3 Å². The molecular weight excluding hydrogens is 328 g/mol. The molecule has 0 spiro atoms. The van der Waals surface area contributed by atoms with Gasteiger partial charge < -0.3 is 9.47 Å². The normalized spacial score (nSPS) is 12.3. The molecule has 0 saturated heterocycles. The zero-order valence-corrected chi connectivity index (χ0v) is 15.0. The van der Waals surface area contributed by atoms with Gasteiger partial charge in [0.2, 0.25) is 0 Å². The van der Waals surface area contributed by atoms with Gasteiger partial charge in [0, 0.05) is 17.5 Å². The summed E-state index contributed by atoms with van der Waals surface area (Å²) >= 11 is 3.43. The van der Waals surface area contributed by atoms with Crippen molar-refractivity contribution in [3.63, 3.8) is 0 Å². The molecule has 0 fully saturated rings. The number of benzene rings is 1. The largest absolute Gasteiger partial charge is 0.493 e. The van der Waals surface area contributed by atoms with Gasteiger partial charge in [-0.3, -0.25) is 0 Å². The summed E-state index contributed by atoms with van der Waals surface area (Å²) in [4.78, 5) is 0. The molecule has 1 aromatic carbocycles. The summed E-state index contributed by atoms with van der Waals surface area (Å²) in [5.74, 6) is 0.927. The second-order valence-electron chi connectivity index (χ2n) is 5.37. The van der Waals surface area contributed by atoms with Gasteiger partial charge in [-0.25, -0.2) is 0 Å². The molecule has 0 aromatic heterocycles. The number of unbranched alkanes of at least 4 members (excludes halogenated alkanes) is 4. The fraction of sp³-hybridized carbons (Fsp3) is 0.667. The van der Waals surface area contributed by atoms with Gasteiger partial charge >= 0.3 is 0 Å². The van der Waals surface area contributed by atoms with E-state index in [9.17, 15) is 0 Å². The van der Waals surface area contributed by atoms with Gasteiger partial charge in [-0.15, -0.1) is 0 Å². The maximum absolute atomic E-state index is 5.82. The summed E-state index contributed by atoms with van der Waals surface area (Å²) in [6, 6.07) is 7.99. The fourth-order valence-electron chi connectivity index (χ4n) is 2.36. The summed E-state index contributed by atoms with van der Waals surface area (Å²) in [6.07, 6.45) is 9.06. The Bertz CT molecular complexity index is 351. The maximum atomic E-state index is 5.82. The number of rotatable bonds is 12. The first-order valence-electron chi connectivity index (χ1n) is 8.26. The van der Waals surface area contributed by atoms with Crippen molar-refractivity contribution in [2.24, 2.45) is 0 Å². The molecule has 0 bridgehead atoms. The lowest BCUT2D eigenvalue weighted by Gasteiger charge is -2.17. The number of hydrogen-bond acceptors (Lipinski definition) is 2. The molecule has 0 aliphatic heterocycles.